The molecule has 0 radical (unpaired) electrons. The second kappa shape index (κ2) is 4.86. The Morgan fingerprint density at radius 1 is 0.900 bits per heavy atom. The molecule has 2 aromatic rings. The molecule has 0 spiro atoms. The summed E-state index contributed by atoms with van der Waals surface area (Å²) < 4.78 is 0. The van der Waals surface area contributed by atoms with Gasteiger partial charge in [-0.25, -0.2) is 14.4 Å². The Bertz CT molecular complexity index is 765. The SMILES string of the molecule is O=C(O)c1c(S)cc(C(=O)O)c2c(C(=O)O)cccc12. The zero-order chi connectivity index (χ0) is 15.0. The van der Waals surface area contributed by atoms with E-state index in [1.807, 2.05) is 0 Å². The van der Waals surface area contributed by atoms with Gasteiger partial charge in [0, 0.05) is 10.3 Å². The van der Waals surface area contributed by atoms with Gasteiger partial charge in [0.1, 0.15) is 0 Å². The van der Waals surface area contributed by atoms with Gasteiger partial charge in [0.25, 0.3) is 0 Å². The van der Waals surface area contributed by atoms with Crippen molar-refractivity contribution in [2.45, 2.75) is 4.90 Å². The lowest BCUT2D eigenvalue weighted by atomic mass is 9.95. The van der Waals surface area contributed by atoms with E-state index in [1.54, 1.807) is 0 Å². The molecule has 0 aliphatic rings. The van der Waals surface area contributed by atoms with Gasteiger partial charge in [0.2, 0.25) is 0 Å². The van der Waals surface area contributed by atoms with Crippen molar-refractivity contribution in [1.29, 1.82) is 0 Å². The Hall–Kier alpha value is -2.54. The first-order valence-electron chi connectivity index (χ1n) is 5.33. The zero-order valence-electron chi connectivity index (χ0n) is 9.82. The molecule has 6 nitrogen and oxygen atoms in total. The minimum Gasteiger partial charge on any atom is -0.478 e. The van der Waals surface area contributed by atoms with Crippen LogP contribution in [0.4, 0.5) is 0 Å². The fourth-order valence-corrected chi connectivity index (χ4v) is 2.39. The lowest BCUT2D eigenvalue weighted by molar-refractivity contribution is 0.0678. The molecule has 0 atom stereocenters. The molecule has 0 amide bonds. The topological polar surface area (TPSA) is 112 Å². The number of hydrogen-bond acceptors (Lipinski definition) is 4. The van der Waals surface area contributed by atoms with Gasteiger partial charge in [0.05, 0.1) is 16.7 Å². The lowest BCUT2D eigenvalue weighted by Crippen LogP contribution is -2.08. The van der Waals surface area contributed by atoms with Crippen molar-refractivity contribution in [2.24, 2.45) is 0 Å². The molecular formula is C13H8O6S. The maximum Gasteiger partial charge on any atom is 0.337 e. The zero-order valence-corrected chi connectivity index (χ0v) is 10.7. The molecule has 2 aromatic carbocycles. The predicted molar refractivity (Wildman–Crippen MR) is 72.1 cm³/mol. The number of benzene rings is 2. The third kappa shape index (κ3) is 2.08. The minimum absolute atomic E-state index is 0.0299. The number of hydrogen-bond donors (Lipinski definition) is 4. The highest BCUT2D eigenvalue weighted by Crippen LogP contribution is 2.31. The average Bonchev–Trinajstić information content (AvgIpc) is 2.35. The molecule has 102 valence electrons. The monoisotopic (exact) mass is 292 g/mol. The quantitative estimate of drug-likeness (QED) is 0.645. The van der Waals surface area contributed by atoms with Gasteiger partial charge in [-0.15, -0.1) is 12.6 Å². The summed E-state index contributed by atoms with van der Waals surface area (Å²) in [5.41, 5.74) is -0.792. The molecule has 0 bridgehead atoms. The summed E-state index contributed by atoms with van der Waals surface area (Å²) in [6.07, 6.45) is 0. The number of carbonyl (C=O) groups is 3. The molecule has 0 aliphatic heterocycles. The van der Waals surface area contributed by atoms with Gasteiger partial charge in [-0.1, -0.05) is 12.1 Å². The maximum absolute atomic E-state index is 11.3. The van der Waals surface area contributed by atoms with E-state index < -0.39 is 17.9 Å². The average molecular weight is 292 g/mol. The third-order valence-electron chi connectivity index (χ3n) is 2.82. The Kier molecular flexibility index (Phi) is 3.37. The van der Waals surface area contributed by atoms with Crippen LogP contribution in [0.15, 0.2) is 29.2 Å². The van der Waals surface area contributed by atoms with Crippen LogP contribution < -0.4 is 0 Å². The van der Waals surface area contributed by atoms with E-state index in [9.17, 15) is 19.5 Å². The van der Waals surface area contributed by atoms with E-state index >= 15 is 0 Å². The first-order valence-corrected chi connectivity index (χ1v) is 5.78. The number of carboxylic acids is 3. The second-order valence-corrected chi connectivity index (χ2v) is 4.44. The summed E-state index contributed by atoms with van der Waals surface area (Å²) in [4.78, 5) is 33.7. The van der Waals surface area contributed by atoms with Crippen LogP contribution in [0.3, 0.4) is 0 Å². The standard InChI is InChI=1S/C13H8O6S/c14-11(15)6-3-1-2-5-9(6)7(12(16)17)4-8(20)10(5)13(18)19/h1-4,20H,(H,14,15)(H,16,17)(H,18,19). The molecule has 0 aromatic heterocycles. The molecule has 2 rings (SSSR count). The summed E-state index contributed by atoms with van der Waals surface area (Å²) in [7, 11) is 0. The van der Waals surface area contributed by atoms with Crippen LogP contribution in [0.25, 0.3) is 10.8 Å². The van der Waals surface area contributed by atoms with E-state index in [4.69, 9.17) is 10.2 Å². The van der Waals surface area contributed by atoms with E-state index in [1.165, 1.54) is 18.2 Å². The number of thiol groups is 1. The van der Waals surface area contributed by atoms with E-state index in [2.05, 4.69) is 12.6 Å². The van der Waals surface area contributed by atoms with Crippen molar-refractivity contribution in [3.05, 3.63) is 41.0 Å². The van der Waals surface area contributed by atoms with Gasteiger partial charge >= 0.3 is 17.9 Å². The van der Waals surface area contributed by atoms with Crippen LogP contribution in [0.2, 0.25) is 0 Å². The fraction of sp³-hybridized carbons (Fsp3) is 0. The molecule has 7 heteroatoms. The maximum atomic E-state index is 11.3. The fourth-order valence-electron chi connectivity index (χ4n) is 2.04. The van der Waals surface area contributed by atoms with Gasteiger partial charge < -0.3 is 15.3 Å². The first kappa shape index (κ1) is 13.9. The molecule has 3 N–H and O–H groups in total. The molecule has 20 heavy (non-hydrogen) atoms. The smallest absolute Gasteiger partial charge is 0.337 e. The molecular weight excluding hydrogens is 284 g/mol. The van der Waals surface area contributed by atoms with Crippen molar-refractivity contribution >= 4 is 41.3 Å². The molecule has 0 heterocycles. The van der Waals surface area contributed by atoms with Gasteiger partial charge in [-0.05, 0) is 17.5 Å². The van der Waals surface area contributed by atoms with Crippen LogP contribution in [0.5, 0.6) is 0 Å². The normalized spacial score (nSPS) is 10.4. The van der Waals surface area contributed by atoms with E-state index in [0.29, 0.717) is 0 Å². The van der Waals surface area contributed by atoms with Crippen molar-refractivity contribution in [3.63, 3.8) is 0 Å². The molecule has 0 fully saturated rings. The Labute approximate surface area is 117 Å². The number of carboxylic acid groups (broad SMARTS) is 3. The Balaban J connectivity index is 3.09. The number of aromatic carboxylic acids is 3. The predicted octanol–water partition coefficient (Wildman–Crippen LogP) is 2.22. The first-order chi connectivity index (χ1) is 9.34. The molecule has 0 aliphatic carbocycles. The number of rotatable bonds is 3. The van der Waals surface area contributed by atoms with Crippen LogP contribution in [-0.4, -0.2) is 33.2 Å². The Morgan fingerprint density at radius 3 is 2.00 bits per heavy atom. The Morgan fingerprint density at radius 2 is 1.50 bits per heavy atom. The van der Waals surface area contributed by atoms with Crippen molar-refractivity contribution < 1.29 is 29.7 Å². The van der Waals surface area contributed by atoms with Gasteiger partial charge in [-0.3, -0.25) is 0 Å². The highest BCUT2D eigenvalue weighted by atomic mass is 32.1. The van der Waals surface area contributed by atoms with Gasteiger partial charge in [0.15, 0.2) is 0 Å². The highest BCUT2D eigenvalue weighted by Gasteiger charge is 2.22. The minimum atomic E-state index is -1.35. The molecule has 0 saturated carbocycles. The number of fused-ring (bicyclic) bond motifs is 1. The molecule has 0 saturated heterocycles. The van der Waals surface area contributed by atoms with Crippen molar-refractivity contribution in [1.82, 2.24) is 0 Å². The largest absolute Gasteiger partial charge is 0.478 e. The van der Waals surface area contributed by atoms with Crippen LogP contribution in [0, 0.1) is 0 Å². The summed E-state index contributed by atoms with van der Waals surface area (Å²) in [6.45, 7) is 0. The summed E-state index contributed by atoms with van der Waals surface area (Å²) in [5.74, 6) is -3.99. The van der Waals surface area contributed by atoms with Crippen molar-refractivity contribution in [3.8, 4) is 0 Å². The highest BCUT2D eigenvalue weighted by molar-refractivity contribution is 7.80. The second-order valence-electron chi connectivity index (χ2n) is 3.96. The van der Waals surface area contributed by atoms with Crippen LogP contribution in [-0.2, 0) is 0 Å². The van der Waals surface area contributed by atoms with Gasteiger partial charge in [-0.2, -0.15) is 0 Å². The summed E-state index contributed by atoms with van der Waals surface area (Å²) in [5, 5.41) is 27.4. The van der Waals surface area contributed by atoms with Crippen LogP contribution in [0.1, 0.15) is 31.1 Å². The third-order valence-corrected chi connectivity index (χ3v) is 3.17. The lowest BCUT2D eigenvalue weighted by Gasteiger charge is -2.11. The summed E-state index contributed by atoms with van der Waals surface area (Å²) in [6, 6.07) is 4.99. The molecule has 0 unspecified atom stereocenters. The van der Waals surface area contributed by atoms with Crippen LogP contribution >= 0.6 is 12.6 Å². The van der Waals surface area contributed by atoms with Crippen molar-refractivity contribution in [2.75, 3.05) is 0 Å². The summed E-state index contributed by atoms with van der Waals surface area (Å²) >= 11 is 3.97. The van der Waals surface area contributed by atoms with E-state index in [0.717, 1.165) is 6.07 Å². The van der Waals surface area contributed by atoms with E-state index in [-0.39, 0.29) is 32.4 Å².